The van der Waals surface area contributed by atoms with Crippen molar-refractivity contribution in [2.75, 3.05) is 0 Å². The second kappa shape index (κ2) is 10.5. The van der Waals surface area contributed by atoms with Crippen molar-refractivity contribution >= 4 is 5.78 Å². The van der Waals surface area contributed by atoms with Gasteiger partial charge in [0, 0.05) is 49.1 Å². The number of pyridine rings is 1. The minimum atomic E-state index is 0.236. The van der Waals surface area contributed by atoms with Crippen molar-refractivity contribution in [1.29, 1.82) is 0 Å². The number of ketones is 1. The van der Waals surface area contributed by atoms with Crippen molar-refractivity contribution in [2.45, 2.75) is 39.3 Å². The zero-order chi connectivity index (χ0) is 22.2. The number of para-hydroxylation sites is 1. The number of nitrogens with zero attached hydrogens (tertiary/aromatic N) is 3. The van der Waals surface area contributed by atoms with Crippen LogP contribution in [0.3, 0.4) is 0 Å². The summed E-state index contributed by atoms with van der Waals surface area (Å²) in [7, 11) is 0. The van der Waals surface area contributed by atoms with Crippen molar-refractivity contribution in [3.63, 3.8) is 0 Å². The number of hydrogen-bond acceptors (Lipinski definition) is 4. The molecule has 32 heavy (non-hydrogen) atoms. The minimum Gasteiger partial charge on any atom is -0.488 e. The van der Waals surface area contributed by atoms with E-state index < -0.39 is 0 Å². The highest BCUT2D eigenvalue weighted by Gasteiger charge is 2.09. The Morgan fingerprint density at radius 2 is 1.75 bits per heavy atom. The summed E-state index contributed by atoms with van der Waals surface area (Å²) in [6.07, 6.45) is 9.17. The van der Waals surface area contributed by atoms with Crippen LogP contribution < -0.4 is 4.74 Å². The molecule has 0 saturated heterocycles. The Kier molecular flexibility index (Phi) is 7.08. The van der Waals surface area contributed by atoms with Crippen LogP contribution in [0.1, 0.15) is 30.0 Å². The minimum absolute atomic E-state index is 0.236. The molecule has 0 fully saturated rings. The fraction of sp³-hybridized carbons (Fsp3) is 0.222. The van der Waals surface area contributed by atoms with Crippen molar-refractivity contribution in [3.05, 3.63) is 102 Å². The first kappa shape index (κ1) is 21.5. The van der Waals surface area contributed by atoms with Crippen molar-refractivity contribution in [3.8, 4) is 16.9 Å². The molecule has 0 N–H and O–H groups in total. The number of rotatable bonds is 10. The number of hydrogen-bond donors (Lipinski definition) is 0. The summed E-state index contributed by atoms with van der Waals surface area (Å²) < 4.78 is 8.02. The second-order valence-electron chi connectivity index (χ2n) is 7.76. The lowest BCUT2D eigenvalue weighted by Gasteiger charge is -2.11. The lowest BCUT2D eigenvalue weighted by Crippen LogP contribution is -2.05. The van der Waals surface area contributed by atoms with Gasteiger partial charge in [0.1, 0.15) is 18.1 Å². The smallest absolute Gasteiger partial charge is 0.137 e. The fourth-order valence-electron chi connectivity index (χ4n) is 3.57. The molecule has 0 aliphatic heterocycles. The maximum Gasteiger partial charge on any atom is 0.137 e. The van der Waals surface area contributed by atoms with Crippen molar-refractivity contribution in [2.24, 2.45) is 0 Å². The van der Waals surface area contributed by atoms with E-state index in [9.17, 15) is 4.79 Å². The van der Waals surface area contributed by atoms with Gasteiger partial charge in [-0.1, -0.05) is 48.5 Å². The highest BCUT2D eigenvalue weighted by atomic mass is 16.5. The van der Waals surface area contributed by atoms with Crippen LogP contribution in [0.5, 0.6) is 5.75 Å². The molecule has 2 heterocycles. The van der Waals surface area contributed by atoms with Crippen LogP contribution in [0.2, 0.25) is 0 Å². The van der Waals surface area contributed by atoms with E-state index in [-0.39, 0.29) is 5.78 Å². The molecule has 0 aliphatic rings. The molecule has 162 valence electrons. The van der Waals surface area contributed by atoms with Gasteiger partial charge >= 0.3 is 0 Å². The Labute approximate surface area is 188 Å². The largest absolute Gasteiger partial charge is 0.488 e. The van der Waals surface area contributed by atoms with Crippen LogP contribution in [0.25, 0.3) is 11.1 Å². The molecular weight excluding hydrogens is 398 g/mol. The molecule has 5 nitrogen and oxygen atoms in total. The summed E-state index contributed by atoms with van der Waals surface area (Å²) in [4.78, 5) is 16.4. The molecule has 2 aromatic heterocycles. The van der Waals surface area contributed by atoms with Crippen LogP contribution in [0.15, 0.2) is 85.5 Å². The maximum atomic E-state index is 12.3. The third kappa shape index (κ3) is 5.70. The topological polar surface area (TPSA) is 57.0 Å². The molecule has 0 saturated carbocycles. The summed E-state index contributed by atoms with van der Waals surface area (Å²) in [5.41, 5.74) is 5.26. The Bertz CT molecular complexity index is 1150. The second-order valence-corrected chi connectivity index (χ2v) is 7.76. The molecule has 0 aliphatic carbocycles. The molecule has 2 aromatic carbocycles. The van der Waals surface area contributed by atoms with E-state index in [1.165, 1.54) is 0 Å². The van der Waals surface area contributed by atoms with Gasteiger partial charge in [0.15, 0.2) is 0 Å². The number of Topliss-reactive ketones (excluding diaryl/α,β-unsaturated/α-hetero) is 1. The third-order valence-corrected chi connectivity index (χ3v) is 5.39. The summed E-state index contributed by atoms with van der Waals surface area (Å²) in [6, 6.07) is 20.0. The molecule has 4 aromatic rings. The van der Waals surface area contributed by atoms with E-state index in [0.29, 0.717) is 19.4 Å². The molecule has 5 heteroatoms. The Morgan fingerprint density at radius 1 is 0.938 bits per heavy atom. The van der Waals surface area contributed by atoms with Gasteiger partial charge in [-0.3, -0.25) is 14.5 Å². The summed E-state index contributed by atoms with van der Waals surface area (Å²) >= 11 is 0. The van der Waals surface area contributed by atoms with Gasteiger partial charge < -0.3 is 4.74 Å². The molecule has 4 rings (SSSR count). The highest BCUT2D eigenvalue weighted by Crippen LogP contribution is 2.30. The predicted molar refractivity (Wildman–Crippen MR) is 125 cm³/mol. The van der Waals surface area contributed by atoms with E-state index in [1.54, 1.807) is 6.20 Å². The number of aryl methyl sites for hydroxylation is 2. The predicted octanol–water partition coefficient (Wildman–Crippen LogP) is 5.29. The van der Waals surface area contributed by atoms with E-state index in [1.807, 2.05) is 83.9 Å². The lowest BCUT2D eigenvalue weighted by molar-refractivity contribution is -0.118. The quantitative estimate of drug-likeness (QED) is 0.346. The monoisotopic (exact) mass is 425 g/mol. The summed E-state index contributed by atoms with van der Waals surface area (Å²) in [5, 5.41) is 4.36. The molecule has 0 spiro atoms. The SMILES string of the molecule is CCn1cc(-c2ccccc2OCc2ccc(CC(=O)CCc3cccnc3)cc2)cn1. The Hall–Kier alpha value is -3.73. The summed E-state index contributed by atoms with van der Waals surface area (Å²) in [5.74, 6) is 1.07. The average Bonchev–Trinajstić information content (AvgIpc) is 3.32. The van der Waals surface area contributed by atoms with Gasteiger partial charge in [0.05, 0.1) is 6.20 Å². The first-order valence-electron chi connectivity index (χ1n) is 10.9. The standard InChI is InChI=1S/C27H27N3O2/c1-2-30-19-24(18-29-30)26-7-3-4-8-27(26)32-20-23-11-9-21(10-12-23)16-25(31)14-13-22-6-5-15-28-17-22/h3-12,15,17-19H,2,13-14,16,20H2,1H3. The number of carbonyl (C=O) groups excluding carboxylic acids is 1. The normalized spacial score (nSPS) is 10.8. The van der Waals surface area contributed by atoms with Crippen molar-refractivity contribution in [1.82, 2.24) is 14.8 Å². The molecule has 0 radical (unpaired) electrons. The van der Waals surface area contributed by atoms with Crippen LogP contribution >= 0.6 is 0 Å². The van der Waals surface area contributed by atoms with Gasteiger partial charge in [-0.15, -0.1) is 0 Å². The fourth-order valence-corrected chi connectivity index (χ4v) is 3.57. The molecule has 0 bridgehead atoms. The van der Waals surface area contributed by atoms with Gasteiger partial charge in [-0.2, -0.15) is 5.10 Å². The first-order chi connectivity index (χ1) is 15.7. The van der Waals surface area contributed by atoms with Crippen LogP contribution in [-0.4, -0.2) is 20.5 Å². The Balaban J connectivity index is 1.32. The average molecular weight is 426 g/mol. The highest BCUT2D eigenvalue weighted by molar-refractivity contribution is 5.81. The number of aromatic nitrogens is 3. The maximum absolute atomic E-state index is 12.3. The molecule has 0 atom stereocenters. The molecular formula is C27H27N3O2. The van der Waals surface area contributed by atoms with Crippen LogP contribution in [0.4, 0.5) is 0 Å². The van der Waals surface area contributed by atoms with Gasteiger partial charge in [0.25, 0.3) is 0 Å². The van der Waals surface area contributed by atoms with Gasteiger partial charge in [-0.05, 0) is 42.2 Å². The first-order valence-corrected chi connectivity index (χ1v) is 10.9. The van der Waals surface area contributed by atoms with Crippen molar-refractivity contribution < 1.29 is 9.53 Å². The number of carbonyl (C=O) groups is 1. The lowest BCUT2D eigenvalue weighted by atomic mass is 10.0. The molecule has 0 unspecified atom stereocenters. The molecule has 0 amide bonds. The van der Waals surface area contributed by atoms with E-state index >= 15 is 0 Å². The number of benzene rings is 2. The van der Waals surface area contributed by atoms with Crippen LogP contribution in [-0.2, 0) is 30.8 Å². The third-order valence-electron chi connectivity index (χ3n) is 5.39. The van der Waals surface area contributed by atoms with Gasteiger partial charge in [-0.25, -0.2) is 0 Å². The summed E-state index contributed by atoms with van der Waals surface area (Å²) in [6.45, 7) is 3.37. The number of ether oxygens (including phenoxy) is 1. The van der Waals surface area contributed by atoms with E-state index in [4.69, 9.17) is 4.74 Å². The van der Waals surface area contributed by atoms with Gasteiger partial charge in [0.2, 0.25) is 0 Å². The van der Waals surface area contributed by atoms with E-state index in [0.717, 1.165) is 46.5 Å². The zero-order valence-electron chi connectivity index (χ0n) is 18.3. The van der Waals surface area contributed by atoms with Crippen LogP contribution in [0, 0.1) is 0 Å². The van der Waals surface area contributed by atoms with E-state index in [2.05, 4.69) is 17.0 Å². The Morgan fingerprint density at radius 3 is 2.50 bits per heavy atom. The zero-order valence-corrected chi connectivity index (χ0v) is 18.3.